The van der Waals surface area contributed by atoms with Crippen molar-refractivity contribution in [1.82, 2.24) is 5.32 Å². The highest BCUT2D eigenvalue weighted by atomic mass is 32.2. The summed E-state index contributed by atoms with van der Waals surface area (Å²) in [7, 11) is 0. The summed E-state index contributed by atoms with van der Waals surface area (Å²) in [5.74, 6) is 1.92. The molecule has 0 spiro atoms. The van der Waals surface area contributed by atoms with E-state index < -0.39 is 0 Å². The molecule has 0 amide bonds. The highest BCUT2D eigenvalue weighted by molar-refractivity contribution is 7.99. The molecule has 0 aliphatic rings. The SMILES string of the molecule is CC(C)=CCCC(C)=CCCC(C)=CCSc1ccccc1/C=C/Cc1ccc(OCCCNCCCO)cc1. The van der Waals surface area contributed by atoms with E-state index in [1.807, 2.05) is 11.8 Å². The molecular formula is C36H51NO2S. The molecule has 2 rings (SSSR count). The van der Waals surface area contributed by atoms with E-state index in [9.17, 15) is 0 Å². The fourth-order valence-corrected chi connectivity index (χ4v) is 5.15. The fraction of sp³-hybridized carbons (Fsp3) is 0.444. The number of nitrogens with one attached hydrogen (secondary N) is 1. The second-order valence-electron chi connectivity index (χ2n) is 10.6. The molecular weight excluding hydrogens is 510 g/mol. The van der Waals surface area contributed by atoms with Gasteiger partial charge in [0, 0.05) is 17.3 Å². The van der Waals surface area contributed by atoms with Crippen molar-refractivity contribution in [2.75, 3.05) is 32.1 Å². The van der Waals surface area contributed by atoms with Crippen LogP contribution in [0, 0.1) is 0 Å². The molecule has 0 bridgehead atoms. The molecule has 0 heterocycles. The maximum absolute atomic E-state index is 8.80. The Morgan fingerprint density at radius 1 is 0.850 bits per heavy atom. The monoisotopic (exact) mass is 561 g/mol. The fourth-order valence-electron chi connectivity index (χ4n) is 4.12. The number of allylic oxidation sites excluding steroid dienone is 6. The Kier molecular flexibility index (Phi) is 17.9. The maximum Gasteiger partial charge on any atom is 0.119 e. The zero-order valence-corrected chi connectivity index (χ0v) is 26.1. The third-order valence-electron chi connectivity index (χ3n) is 6.56. The second kappa shape index (κ2) is 21.2. The minimum Gasteiger partial charge on any atom is -0.494 e. The maximum atomic E-state index is 8.80. The normalized spacial score (nSPS) is 12.2. The van der Waals surface area contributed by atoms with Crippen LogP contribution in [0.15, 0.2) is 94.4 Å². The molecule has 2 N–H and O–H groups in total. The van der Waals surface area contributed by atoms with Crippen LogP contribution < -0.4 is 10.1 Å². The smallest absolute Gasteiger partial charge is 0.119 e. The summed E-state index contributed by atoms with van der Waals surface area (Å²) >= 11 is 1.91. The minimum atomic E-state index is 0.240. The Morgan fingerprint density at radius 3 is 2.30 bits per heavy atom. The van der Waals surface area contributed by atoms with Crippen molar-refractivity contribution in [3.8, 4) is 5.75 Å². The van der Waals surface area contributed by atoms with Crippen LogP contribution in [0.4, 0.5) is 0 Å². The van der Waals surface area contributed by atoms with Gasteiger partial charge in [-0.25, -0.2) is 0 Å². The van der Waals surface area contributed by atoms with Gasteiger partial charge in [-0.3, -0.25) is 0 Å². The number of hydrogen-bond donors (Lipinski definition) is 2. The van der Waals surface area contributed by atoms with Gasteiger partial charge >= 0.3 is 0 Å². The van der Waals surface area contributed by atoms with Gasteiger partial charge in [-0.2, -0.15) is 0 Å². The van der Waals surface area contributed by atoms with Crippen molar-refractivity contribution in [3.63, 3.8) is 0 Å². The highest BCUT2D eigenvalue weighted by Crippen LogP contribution is 2.25. The predicted octanol–water partition coefficient (Wildman–Crippen LogP) is 9.19. The second-order valence-corrected chi connectivity index (χ2v) is 11.7. The lowest BCUT2D eigenvalue weighted by atomic mass is 10.1. The summed E-state index contributed by atoms with van der Waals surface area (Å²) in [5, 5.41) is 12.1. The number of thioether (sulfide) groups is 1. The van der Waals surface area contributed by atoms with E-state index in [1.165, 1.54) is 39.2 Å². The number of aliphatic hydroxyl groups excluding tert-OH is 1. The molecule has 0 radical (unpaired) electrons. The van der Waals surface area contributed by atoms with Crippen LogP contribution in [-0.4, -0.2) is 37.2 Å². The predicted molar refractivity (Wildman–Crippen MR) is 176 cm³/mol. The van der Waals surface area contributed by atoms with Gasteiger partial charge < -0.3 is 15.2 Å². The summed E-state index contributed by atoms with van der Waals surface area (Å²) in [6.45, 7) is 11.6. The first-order valence-corrected chi connectivity index (χ1v) is 15.8. The average molecular weight is 562 g/mol. The molecule has 0 atom stereocenters. The lowest BCUT2D eigenvalue weighted by molar-refractivity contribution is 0.282. The Labute approximate surface area is 248 Å². The molecule has 0 aromatic heterocycles. The van der Waals surface area contributed by atoms with E-state index in [1.54, 1.807) is 0 Å². The Morgan fingerprint density at radius 2 is 1.55 bits per heavy atom. The first kappa shape index (κ1) is 33.7. The number of rotatable bonds is 20. The molecule has 2 aromatic carbocycles. The van der Waals surface area contributed by atoms with E-state index >= 15 is 0 Å². The van der Waals surface area contributed by atoms with Gasteiger partial charge in [-0.15, -0.1) is 11.8 Å². The first-order chi connectivity index (χ1) is 19.5. The van der Waals surface area contributed by atoms with Crippen molar-refractivity contribution >= 4 is 17.8 Å². The van der Waals surface area contributed by atoms with Crippen molar-refractivity contribution in [2.24, 2.45) is 0 Å². The van der Waals surface area contributed by atoms with Gasteiger partial charge in [-0.1, -0.05) is 77.4 Å². The molecule has 0 saturated heterocycles. The average Bonchev–Trinajstić information content (AvgIpc) is 2.94. The quantitative estimate of drug-likeness (QED) is 0.0960. The largest absolute Gasteiger partial charge is 0.494 e. The molecule has 218 valence electrons. The lowest BCUT2D eigenvalue weighted by Gasteiger charge is -2.08. The Balaban J connectivity index is 1.74. The lowest BCUT2D eigenvalue weighted by Crippen LogP contribution is -2.19. The highest BCUT2D eigenvalue weighted by Gasteiger charge is 2.00. The third-order valence-corrected chi connectivity index (χ3v) is 7.58. The van der Waals surface area contributed by atoms with Crippen LogP contribution in [-0.2, 0) is 6.42 Å². The van der Waals surface area contributed by atoms with Crippen LogP contribution >= 0.6 is 11.8 Å². The summed E-state index contributed by atoms with van der Waals surface area (Å²) in [5.41, 5.74) is 6.93. The van der Waals surface area contributed by atoms with Gasteiger partial charge in [0.15, 0.2) is 0 Å². The molecule has 3 nitrogen and oxygen atoms in total. The van der Waals surface area contributed by atoms with E-state index in [4.69, 9.17) is 9.84 Å². The first-order valence-electron chi connectivity index (χ1n) is 14.8. The number of hydrogen-bond acceptors (Lipinski definition) is 4. The van der Waals surface area contributed by atoms with Crippen molar-refractivity contribution in [3.05, 3.63) is 101 Å². The van der Waals surface area contributed by atoms with E-state index in [-0.39, 0.29) is 6.61 Å². The van der Waals surface area contributed by atoms with Gasteiger partial charge in [0.2, 0.25) is 0 Å². The van der Waals surface area contributed by atoms with Gasteiger partial charge in [-0.05, 0) is 115 Å². The van der Waals surface area contributed by atoms with Gasteiger partial charge in [0.05, 0.1) is 6.61 Å². The Hall–Kier alpha value is -2.53. The zero-order chi connectivity index (χ0) is 28.8. The van der Waals surface area contributed by atoms with Gasteiger partial charge in [0.1, 0.15) is 5.75 Å². The van der Waals surface area contributed by atoms with Crippen molar-refractivity contribution in [2.45, 2.75) is 77.5 Å². The standard InChI is InChI=1S/C36H51NO2S/c1-30(2)12-7-13-31(3)14-8-15-32(4)24-29-40-36-19-6-5-17-34(36)18-9-16-33-20-22-35(23-21-33)39-28-11-26-37-25-10-27-38/h5-6,9,12,14,17-24,37-38H,7-8,10-11,13,15-16,25-29H2,1-4H3/b18-9+,31-14?,32-24?. The summed E-state index contributed by atoms with van der Waals surface area (Å²) < 4.78 is 5.84. The molecule has 0 saturated carbocycles. The summed E-state index contributed by atoms with van der Waals surface area (Å²) in [6.07, 6.45) is 18.8. The number of ether oxygens (including phenoxy) is 1. The van der Waals surface area contributed by atoms with Crippen LogP contribution in [0.3, 0.4) is 0 Å². The molecule has 0 aliphatic heterocycles. The molecule has 2 aromatic rings. The molecule has 0 fully saturated rings. The van der Waals surface area contributed by atoms with E-state index in [0.29, 0.717) is 6.61 Å². The molecule has 4 heteroatoms. The molecule has 40 heavy (non-hydrogen) atoms. The summed E-state index contributed by atoms with van der Waals surface area (Å²) in [4.78, 5) is 1.33. The topological polar surface area (TPSA) is 41.5 Å². The number of benzene rings is 2. The molecule has 0 aliphatic carbocycles. The Bertz CT molecular complexity index is 1080. The van der Waals surface area contributed by atoms with Crippen LogP contribution in [0.25, 0.3) is 6.08 Å². The van der Waals surface area contributed by atoms with Gasteiger partial charge in [0.25, 0.3) is 0 Å². The number of aliphatic hydroxyl groups is 1. The van der Waals surface area contributed by atoms with E-state index in [2.05, 4.69) is 112 Å². The van der Waals surface area contributed by atoms with Crippen LogP contribution in [0.2, 0.25) is 0 Å². The summed E-state index contributed by atoms with van der Waals surface area (Å²) in [6, 6.07) is 17.1. The zero-order valence-electron chi connectivity index (χ0n) is 25.3. The molecule has 0 unspecified atom stereocenters. The van der Waals surface area contributed by atoms with E-state index in [0.717, 1.165) is 63.1 Å². The minimum absolute atomic E-state index is 0.240. The third kappa shape index (κ3) is 15.9. The van der Waals surface area contributed by atoms with Crippen LogP contribution in [0.1, 0.15) is 77.3 Å². The van der Waals surface area contributed by atoms with Crippen LogP contribution in [0.5, 0.6) is 5.75 Å². The van der Waals surface area contributed by atoms with Crippen molar-refractivity contribution < 1.29 is 9.84 Å². The van der Waals surface area contributed by atoms with Crippen molar-refractivity contribution in [1.29, 1.82) is 0 Å².